The van der Waals surface area contributed by atoms with Crippen molar-refractivity contribution in [2.24, 2.45) is 0 Å². The van der Waals surface area contributed by atoms with Gasteiger partial charge in [0.05, 0.1) is 11.8 Å². The number of hydrogen-bond donors (Lipinski definition) is 1. The van der Waals surface area contributed by atoms with Crippen molar-refractivity contribution in [3.63, 3.8) is 0 Å². The molecule has 1 rings (SSSR count). The smallest absolute Gasteiger partial charge is 0.225 e. The number of anilines is 1. The molecule has 0 saturated carbocycles. The first-order valence-corrected chi connectivity index (χ1v) is 12.0. The molecule has 0 aliphatic heterocycles. The molecule has 0 amide bonds. The zero-order valence-corrected chi connectivity index (χ0v) is 20.2. The Morgan fingerprint density at radius 1 is 0.793 bits per heavy atom. The Kier molecular flexibility index (Phi) is 18.0. The van der Waals surface area contributed by atoms with Crippen LogP contribution in [-0.4, -0.2) is 15.0 Å². The van der Waals surface area contributed by atoms with E-state index in [2.05, 4.69) is 6.92 Å². The fourth-order valence-corrected chi connectivity index (χ4v) is 4.02. The maximum absolute atomic E-state index is 13.7. The Hall–Kier alpha value is -0.456. The van der Waals surface area contributed by atoms with Gasteiger partial charge in [0.25, 0.3) is 0 Å². The Morgan fingerprint density at radius 3 is 1.66 bits per heavy atom. The number of benzene rings is 1. The number of unbranched alkanes of at least 4 members (excludes halogenated alkanes) is 13. The number of hydrogen-bond acceptors (Lipinski definition) is 2. The van der Waals surface area contributed by atoms with Crippen LogP contribution in [0.5, 0.6) is 0 Å². The van der Waals surface area contributed by atoms with Crippen LogP contribution >= 0.6 is 0 Å². The molecule has 0 saturated heterocycles. The summed E-state index contributed by atoms with van der Waals surface area (Å²) in [5.41, 5.74) is -0.132. The van der Waals surface area contributed by atoms with Crippen molar-refractivity contribution in [3.05, 3.63) is 29.8 Å². The van der Waals surface area contributed by atoms with Gasteiger partial charge in [0.15, 0.2) is 5.82 Å². The van der Waals surface area contributed by atoms with E-state index < -0.39 is 22.5 Å². The third kappa shape index (κ3) is 13.5. The van der Waals surface area contributed by atoms with Gasteiger partial charge in [-0.05, 0) is 18.6 Å². The number of thiol groups is 1. The van der Waals surface area contributed by atoms with Crippen LogP contribution in [0.25, 0.3) is 0 Å². The van der Waals surface area contributed by atoms with Crippen molar-refractivity contribution in [2.75, 3.05) is 10.8 Å². The molecular formula is C22H36F2NO2STi. The van der Waals surface area contributed by atoms with Crippen LogP contribution in [0, 0.1) is 17.7 Å². The molecule has 1 aromatic rings. The van der Waals surface area contributed by atoms with Gasteiger partial charge >= 0.3 is 0 Å². The average molecular weight is 464 g/mol. The van der Waals surface area contributed by atoms with E-state index in [1.807, 2.05) is 6.07 Å². The van der Waals surface area contributed by atoms with Gasteiger partial charge in [-0.1, -0.05) is 90.4 Å². The van der Waals surface area contributed by atoms with E-state index in [1.54, 1.807) is 0 Å². The van der Waals surface area contributed by atoms with Crippen LogP contribution in [0.15, 0.2) is 12.1 Å². The summed E-state index contributed by atoms with van der Waals surface area (Å²) in [5.74, 6) is -1.80. The third-order valence-corrected chi connectivity index (χ3v) is 5.85. The molecule has 0 bridgehead atoms. The molecule has 0 unspecified atom stereocenters. The number of rotatable bonds is 17. The summed E-state index contributed by atoms with van der Waals surface area (Å²) >= 11 is 0. The third-order valence-electron chi connectivity index (χ3n) is 5.04. The standard InChI is InChI=1S/C22H36F2NO2S.Ti/c1-2-3-4-5-6-7-8-9-10-11-12-13-14-15-18-25(28(26)27)22-17-16-20(23)19-21(22)24;/h16-17,28H,2-15,18H2,1H3;. The molecule has 0 atom stereocenters. The van der Waals surface area contributed by atoms with Gasteiger partial charge in [0.2, 0.25) is 10.9 Å². The number of nitrogens with zero attached hydrogens (tertiary/aromatic N) is 1. The molecule has 0 aliphatic rings. The van der Waals surface area contributed by atoms with E-state index >= 15 is 0 Å². The molecule has 0 fully saturated rings. The second kappa shape index (κ2) is 18.3. The zero-order valence-electron chi connectivity index (χ0n) is 17.7. The molecule has 165 valence electrons. The first kappa shape index (κ1) is 28.5. The van der Waals surface area contributed by atoms with Crippen molar-refractivity contribution < 1.29 is 38.9 Å². The molecule has 7 heteroatoms. The van der Waals surface area contributed by atoms with Gasteiger partial charge in [0.1, 0.15) is 5.82 Å². The first-order valence-electron chi connectivity index (χ1n) is 10.9. The van der Waals surface area contributed by atoms with Crippen LogP contribution < -0.4 is 4.31 Å². The minimum atomic E-state index is -2.96. The van der Waals surface area contributed by atoms with Gasteiger partial charge in [-0.3, -0.25) is 4.31 Å². The molecule has 0 aliphatic carbocycles. The summed E-state index contributed by atoms with van der Waals surface area (Å²) in [6.45, 7) is 2.46. The van der Waals surface area contributed by atoms with Gasteiger partial charge in [-0.15, -0.1) is 0 Å². The largest absolute Gasteiger partial charge is 0.269 e. The molecular weight excluding hydrogens is 428 g/mol. The summed E-state index contributed by atoms with van der Waals surface area (Å²) in [5, 5.41) is 0. The van der Waals surface area contributed by atoms with Crippen LogP contribution in [0.2, 0.25) is 0 Å². The number of halogens is 2. The predicted octanol–water partition coefficient (Wildman–Crippen LogP) is 6.58. The first-order chi connectivity index (χ1) is 13.6. The fraction of sp³-hybridized carbons (Fsp3) is 0.727. The molecule has 0 aromatic heterocycles. The minimum absolute atomic E-state index is 0. The van der Waals surface area contributed by atoms with E-state index in [9.17, 15) is 17.2 Å². The quantitative estimate of drug-likeness (QED) is 0.161. The second-order valence-electron chi connectivity index (χ2n) is 7.46. The fourth-order valence-electron chi connectivity index (χ4n) is 3.38. The minimum Gasteiger partial charge on any atom is -0.269 e. The van der Waals surface area contributed by atoms with E-state index in [0.717, 1.165) is 35.7 Å². The van der Waals surface area contributed by atoms with Crippen LogP contribution in [0.3, 0.4) is 0 Å². The summed E-state index contributed by atoms with van der Waals surface area (Å²) in [4.78, 5) is 0. The maximum Gasteiger partial charge on any atom is 0.225 e. The monoisotopic (exact) mass is 464 g/mol. The summed E-state index contributed by atoms with van der Waals surface area (Å²) in [6.07, 6.45) is 17.0. The van der Waals surface area contributed by atoms with Crippen molar-refractivity contribution in [2.45, 2.75) is 96.8 Å². The Balaban J connectivity index is 0.00000784. The van der Waals surface area contributed by atoms with E-state index in [4.69, 9.17) is 0 Å². The van der Waals surface area contributed by atoms with Gasteiger partial charge in [0, 0.05) is 28.3 Å². The van der Waals surface area contributed by atoms with Crippen LogP contribution in [0.1, 0.15) is 96.8 Å². The van der Waals surface area contributed by atoms with Crippen molar-refractivity contribution in [3.8, 4) is 0 Å². The summed E-state index contributed by atoms with van der Waals surface area (Å²) < 4.78 is 50.4. The van der Waals surface area contributed by atoms with Gasteiger partial charge in [-0.25, -0.2) is 17.2 Å². The maximum atomic E-state index is 13.7. The molecule has 1 radical (unpaired) electrons. The van der Waals surface area contributed by atoms with E-state index in [0.29, 0.717) is 6.42 Å². The van der Waals surface area contributed by atoms with Crippen LogP contribution in [-0.2, 0) is 32.6 Å². The topological polar surface area (TPSA) is 37.4 Å². The average Bonchev–Trinajstić information content (AvgIpc) is 2.65. The van der Waals surface area contributed by atoms with Crippen molar-refractivity contribution in [1.29, 1.82) is 0 Å². The zero-order chi connectivity index (χ0) is 20.6. The van der Waals surface area contributed by atoms with Gasteiger partial charge in [-0.2, -0.15) is 0 Å². The predicted molar refractivity (Wildman–Crippen MR) is 113 cm³/mol. The van der Waals surface area contributed by atoms with Gasteiger partial charge < -0.3 is 0 Å². The van der Waals surface area contributed by atoms with Crippen LogP contribution in [0.4, 0.5) is 14.5 Å². The second-order valence-corrected chi connectivity index (χ2v) is 8.42. The molecule has 29 heavy (non-hydrogen) atoms. The van der Waals surface area contributed by atoms with Crippen molar-refractivity contribution >= 4 is 16.6 Å². The molecule has 0 spiro atoms. The van der Waals surface area contributed by atoms with Crippen molar-refractivity contribution in [1.82, 2.24) is 0 Å². The van der Waals surface area contributed by atoms with E-state index in [1.165, 1.54) is 64.2 Å². The molecule has 0 heterocycles. The Morgan fingerprint density at radius 2 is 1.24 bits per heavy atom. The SMILES string of the molecule is CCCCCCCCCCCCCCCCN(c1ccc(F)[c]c1F)[SH](=O)=O.[Ti]. The normalized spacial score (nSPS) is 10.9. The Labute approximate surface area is 192 Å². The van der Waals surface area contributed by atoms with E-state index in [-0.39, 0.29) is 33.9 Å². The summed E-state index contributed by atoms with van der Waals surface area (Å²) in [6, 6.07) is 4.06. The molecule has 1 aromatic carbocycles. The summed E-state index contributed by atoms with van der Waals surface area (Å²) in [7, 11) is -2.96. The molecule has 0 N–H and O–H groups in total. The Bertz CT molecular complexity index is 606. The molecule has 3 nitrogen and oxygen atoms in total.